The molecule has 5 aromatic rings. The van der Waals surface area contributed by atoms with Gasteiger partial charge >= 0.3 is 0 Å². The molecular weight excluding hydrogens is 467 g/mol. The number of halogens is 1. The molecule has 0 aliphatic carbocycles. The van der Waals surface area contributed by atoms with Gasteiger partial charge < -0.3 is 5.32 Å². The molecule has 1 N–H and O–H groups in total. The summed E-state index contributed by atoms with van der Waals surface area (Å²) in [4.78, 5) is 15.4. The lowest BCUT2D eigenvalue weighted by molar-refractivity contribution is 0.605. The van der Waals surface area contributed by atoms with Crippen molar-refractivity contribution in [3.8, 4) is 22.5 Å². The zero-order valence-corrected chi connectivity index (χ0v) is 21.6. The monoisotopic (exact) mass is 496 g/mol. The van der Waals surface area contributed by atoms with E-state index in [-0.39, 0.29) is 11.2 Å². The van der Waals surface area contributed by atoms with Crippen LogP contribution in [0.25, 0.3) is 32.7 Å². The second kappa shape index (κ2) is 10.2. The molecule has 0 bridgehead atoms. The smallest absolute Gasteiger partial charge is 0.162 e. The summed E-state index contributed by atoms with van der Waals surface area (Å²) in [5.74, 6) is 1.24. The standard InChI is InChI=1S/C30H29FN4S/c1-30(2,3)27-24(21-11-13-23(31)14-12-21)25-26(36-27)29(33-17-7-10-20-8-5-4-6-9-20)35-28(34-25)22-15-18-32-19-16-22/h4-6,8-9,11-16,18-19H,7,10,17H2,1-3H3,(H,33,34,35). The van der Waals surface area contributed by atoms with E-state index < -0.39 is 0 Å². The number of benzene rings is 2. The number of aryl methyl sites for hydroxylation is 1. The van der Waals surface area contributed by atoms with Crippen LogP contribution in [-0.4, -0.2) is 21.5 Å². The summed E-state index contributed by atoms with van der Waals surface area (Å²) in [5, 5.41) is 3.60. The van der Waals surface area contributed by atoms with Crippen molar-refractivity contribution < 1.29 is 4.39 Å². The average molecular weight is 497 g/mol. The molecule has 36 heavy (non-hydrogen) atoms. The maximum Gasteiger partial charge on any atom is 0.162 e. The van der Waals surface area contributed by atoms with E-state index in [9.17, 15) is 4.39 Å². The number of hydrogen-bond acceptors (Lipinski definition) is 5. The van der Waals surface area contributed by atoms with Gasteiger partial charge in [0.15, 0.2) is 5.82 Å². The third-order valence-electron chi connectivity index (χ3n) is 6.06. The van der Waals surface area contributed by atoms with Gasteiger partial charge in [-0.15, -0.1) is 11.3 Å². The SMILES string of the molecule is CC(C)(C)c1sc2c(NCCCc3ccccc3)nc(-c3ccncc3)nc2c1-c1ccc(F)cc1. The van der Waals surface area contributed by atoms with Gasteiger partial charge in [-0.05, 0) is 53.6 Å². The quantitative estimate of drug-likeness (QED) is 0.233. The number of nitrogens with one attached hydrogen (secondary N) is 1. The highest BCUT2D eigenvalue weighted by Crippen LogP contribution is 2.46. The van der Waals surface area contributed by atoms with Crippen LogP contribution in [0, 0.1) is 5.82 Å². The highest BCUT2D eigenvalue weighted by molar-refractivity contribution is 7.20. The lowest BCUT2D eigenvalue weighted by Crippen LogP contribution is -2.10. The molecule has 0 atom stereocenters. The number of anilines is 1. The molecule has 0 radical (unpaired) electrons. The normalized spacial score (nSPS) is 11.7. The average Bonchev–Trinajstić information content (AvgIpc) is 3.29. The molecule has 0 saturated carbocycles. The van der Waals surface area contributed by atoms with E-state index in [1.165, 1.54) is 22.6 Å². The van der Waals surface area contributed by atoms with Gasteiger partial charge in [-0.25, -0.2) is 14.4 Å². The summed E-state index contributed by atoms with van der Waals surface area (Å²) in [6.45, 7) is 7.41. The Bertz CT molecular complexity index is 1460. The zero-order valence-electron chi connectivity index (χ0n) is 20.8. The van der Waals surface area contributed by atoms with Gasteiger partial charge in [0, 0.05) is 34.9 Å². The first-order chi connectivity index (χ1) is 17.4. The van der Waals surface area contributed by atoms with Crippen LogP contribution in [0.15, 0.2) is 79.1 Å². The van der Waals surface area contributed by atoms with Crippen molar-refractivity contribution in [2.24, 2.45) is 0 Å². The summed E-state index contributed by atoms with van der Waals surface area (Å²) in [6.07, 6.45) is 5.50. The number of hydrogen-bond donors (Lipinski definition) is 1. The van der Waals surface area contributed by atoms with Gasteiger partial charge in [-0.2, -0.15) is 0 Å². The molecular formula is C30H29FN4S. The Labute approximate surface area is 215 Å². The summed E-state index contributed by atoms with van der Waals surface area (Å²) < 4.78 is 14.8. The number of pyridine rings is 1. The van der Waals surface area contributed by atoms with Crippen LogP contribution in [-0.2, 0) is 11.8 Å². The van der Waals surface area contributed by atoms with Crippen molar-refractivity contribution in [2.45, 2.75) is 39.0 Å². The highest BCUT2D eigenvalue weighted by atomic mass is 32.1. The molecule has 5 rings (SSSR count). The Balaban J connectivity index is 1.61. The minimum atomic E-state index is -0.247. The molecule has 0 spiro atoms. The van der Waals surface area contributed by atoms with Crippen molar-refractivity contribution in [1.82, 2.24) is 15.0 Å². The number of thiophene rings is 1. The van der Waals surface area contributed by atoms with Crippen LogP contribution in [0.5, 0.6) is 0 Å². The van der Waals surface area contributed by atoms with Crippen LogP contribution >= 0.6 is 11.3 Å². The summed E-state index contributed by atoms with van der Waals surface area (Å²) >= 11 is 1.72. The lowest BCUT2D eigenvalue weighted by Gasteiger charge is -2.19. The van der Waals surface area contributed by atoms with Crippen molar-refractivity contribution in [3.63, 3.8) is 0 Å². The van der Waals surface area contributed by atoms with Crippen molar-refractivity contribution in [3.05, 3.63) is 95.4 Å². The van der Waals surface area contributed by atoms with Crippen molar-refractivity contribution in [1.29, 1.82) is 0 Å². The first-order valence-corrected chi connectivity index (χ1v) is 13.0. The highest BCUT2D eigenvalue weighted by Gasteiger charge is 2.27. The fourth-order valence-electron chi connectivity index (χ4n) is 4.28. The lowest BCUT2D eigenvalue weighted by atomic mass is 9.89. The van der Waals surface area contributed by atoms with E-state index in [1.807, 2.05) is 30.3 Å². The zero-order chi connectivity index (χ0) is 25.1. The Morgan fingerprint density at radius 2 is 1.58 bits per heavy atom. The summed E-state index contributed by atoms with van der Waals surface area (Å²) in [7, 11) is 0. The van der Waals surface area contributed by atoms with E-state index in [0.717, 1.165) is 52.1 Å². The van der Waals surface area contributed by atoms with Gasteiger partial charge in [-0.1, -0.05) is 63.2 Å². The third kappa shape index (κ3) is 5.14. The molecule has 2 aromatic carbocycles. The van der Waals surface area contributed by atoms with E-state index in [4.69, 9.17) is 9.97 Å². The molecule has 3 heterocycles. The first kappa shape index (κ1) is 24.1. The molecule has 0 aliphatic heterocycles. The van der Waals surface area contributed by atoms with Gasteiger partial charge in [0.25, 0.3) is 0 Å². The molecule has 6 heteroatoms. The minimum absolute atomic E-state index is 0.115. The van der Waals surface area contributed by atoms with Gasteiger partial charge in [0.1, 0.15) is 11.6 Å². The largest absolute Gasteiger partial charge is 0.369 e. The molecule has 0 aliphatic rings. The number of nitrogens with zero attached hydrogens (tertiary/aromatic N) is 3. The second-order valence-corrected chi connectivity index (χ2v) is 10.9. The predicted molar refractivity (Wildman–Crippen MR) is 148 cm³/mol. The topological polar surface area (TPSA) is 50.7 Å². The third-order valence-corrected chi connectivity index (χ3v) is 7.68. The molecule has 182 valence electrons. The predicted octanol–water partition coefficient (Wildman–Crippen LogP) is 7.90. The maximum atomic E-state index is 13.8. The van der Waals surface area contributed by atoms with E-state index >= 15 is 0 Å². The van der Waals surface area contributed by atoms with Crippen molar-refractivity contribution in [2.75, 3.05) is 11.9 Å². The molecule has 4 nitrogen and oxygen atoms in total. The Hall–Kier alpha value is -3.64. The van der Waals surface area contributed by atoms with Crippen LogP contribution < -0.4 is 5.32 Å². The summed E-state index contributed by atoms with van der Waals surface area (Å²) in [6, 6.07) is 21.1. The van der Waals surface area contributed by atoms with Gasteiger partial charge in [0.2, 0.25) is 0 Å². The molecule has 3 aromatic heterocycles. The Morgan fingerprint density at radius 1 is 0.861 bits per heavy atom. The van der Waals surface area contributed by atoms with E-state index in [1.54, 1.807) is 23.7 Å². The Kier molecular flexibility index (Phi) is 6.79. The fourth-order valence-corrected chi connectivity index (χ4v) is 5.57. The first-order valence-electron chi connectivity index (χ1n) is 12.2. The second-order valence-electron chi connectivity index (χ2n) is 9.89. The van der Waals surface area contributed by atoms with Crippen LogP contribution in [0.2, 0.25) is 0 Å². The van der Waals surface area contributed by atoms with Crippen LogP contribution in [0.1, 0.15) is 37.6 Å². The number of aromatic nitrogens is 3. The molecule has 0 amide bonds. The molecule has 0 unspecified atom stereocenters. The summed E-state index contributed by atoms with van der Waals surface area (Å²) in [5.41, 5.74) is 5.02. The number of rotatable bonds is 7. The van der Waals surface area contributed by atoms with Crippen molar-refractivity contribution >= 4 is 27.4 Å². The molecule has 0 fully saturated rings. The van der Waals surface area contributed by atoms with E-state index in [2.05, 4.69) is 55.3 Å². The maximum absolute atomic E-state index is 13.8. The van der Waals surface area contributed by atoms with Crippen LogP contribution in [0.4, 0.5) is 10.2 Å². The Morgan fingerprint density at radius 3 is 2.28 bits per heavy atom. The van der Waals surface area contributed by atoms with E-state index in [0.29, 0.717) is 5.82 Å². The van der Waals surface area contributed by atoms with Gasteiger partial charge in [-0.3, -0.25) is 4.98 Å². The number of fused-ring (bicyclic) bond motifs is 1. The minimum Gasteiger partial charge on any atom is -0.369 e. The molecule has 0 saturated heterocycles. The van der Waals surface area contributed by atoms with Gasteiger partial charge in [0.05, 0.1) is 10.2 Å². The van der Waals surface area contributed by atoms with Crippen LogP contribution in [0.3, 0.4) is 0 Å². The fraction of sp³-hybridized carbons (Fsp3) is 0.233.